The number of nitrogens with zero attached hydrogens (tertiary/aromatic N) is 1. The maximum absolute atomic E-state index is 5.96. The summed E-state index contributed by atoms with van der Waals surface area (Å²) in [4.78, 5) is 4.93. The van der Waals surface area contributed by atoms with Crippen LogP contribution in [0, 0.1) is 0 Å². The molecule has 0 spiro atoms. The van der Waals surface area contributed by atoms with Gasteiger partial charge < -0.3 is 9.25 Å². The molecular weight excluding hydrogens is 298 g/mol. The SMILES string of the molecule is CCCCCc1ccc(-c2cc3ccccc3/c(=N/OC)o2)cc1. The van der Waals surface area contributed by atoms with Gasteiger partial charge in [-0.15, -0.1) is 0 Å². The third-order valence-corrected chi connectivity index (χ3v) is 4.17. The molecule has 24 heavy (non-hydrogen) atoms. The second-order valence-corrected chi connectivity index (χ2v) is 5.93. The van der Waals surface area contributed by atoms with E-state index in [1.54, 1.807) is 0 Å². The summed E-state index contributed by atoms with van der Waals surface area (Å²) in [5, 5.41) is 6.05. The Morgan fingerprint density at radius 3 is 2.54 bits per heavy atom. The van der Waals surface area contributed by atoms with Gasteiger partial charge in [0.2, 0.25) is 0 Å². The standard InChI is InChI=1S/C21H23NO2/c1-3-4-5-8-16-11-13-17(14-12-16)20-15-18-9-6-7-10-19(18)21(24-20)22-23-2/h6-7,9-15H,3-5,8H2,1-2H3/b22-21-. The fourth-order valence-electron chi connectivity index (χ4n) is 2.86. The number of unbranched alkanes of at least 4 members (excludes halogenated alkanes) is 2. The lowest BCUT2D eigenvalue weighted by Gasteiger charge is -2.06. The van der Waals surface area contributed by atoms with Crippen molar-refractivity contribution in [3.05, 3.63) is 65.7 Å². The Bertz CT molecular complexity index is 863. The minimum atomic E-state index is 0.498. The highest BCUT2D eigenvalue weighted by molar-refractivity contribution is 5.83. The first kappa shape index (κ1) is 16.3. The third-order valence-electron chi connectivity index (χ3n) is 4.17. The summed E-state index contributed by atoms with van der Waals surface area (Å²) in [5.74, 6) is 0.796. The van der Waals surface area contributed by atoms with Crippen molar-refractivity contribution in [3.63, 3.8) is 0 Å². The van der Waals surface area contributed by atoms with Gasteiger partial charge in [0.1, 0.15) is 12.9 Å². The third kappa shape index (κ3) is 3.67. The second-order valence-electron chi connectivity index (χ2n) is 5.93. The first-order valence-corrected chi connectivity index (χ1v) is 8.51. The van der Waals surface area contributed by atoms with E-state index in [1.165, 1.54) is 31.9 Å². The van der Waals surface area contributed by atoms with Crippen LogP contribution < -0.4 is 5.55 Å². The van der Waals surface area contributed by atoms with Crippen LogP contribution >= 0.6 is 0 Å². The first-order valence-electron chi connectivity index (χ1n) is 8.51. The average molecular weight is 321 g/mol. The van der Waals surface area contributed by atoms with Crippen LogP contribution in [-0.4, -0.2) is 7.11 Å². The van der Waals surface area contributed by atoms with Crippen LogP contribution in [0.2, 0.25) is 0 Å². The lowest BCUT2D eigenvalue weighted by atomic mass is 10.0. The second kappa shape index (κ2) is 7.82. The summed E-state index contributed by atoms with van der Waals surface area (Å²) in [6.07, 6.45) is 4.91. The highest BCUT2D eigenvalue weighted by Crippen LogP contribution is 2.23. The van der Waals surface area contributed by atoms with E-state index in [9.17, 15) is 0 Å². The largest absolute Gasteiger partial charge is 0.435 e. The highest BCUT2D eigenvalue weighted by Gasteiger charge is 2.06. The molecule has 0 aliphatic heterocycles. The van der Waals surface area contributed by atoms with E-state index in [0.717, 1.165) is 28.5 Å². The van der Waals surface area contributed by atoms with Crippen molar-refractivity contribution in [2.75, 3.05) is 7.11 Å². The molecule has 0 radical (unpaired) electrons. The molecule has 3 nitrogen and oxygen atoms in total. The van der Waals surface area contributed by atoms with E-state index in [0.29, 0.717) is 5.55 Å². The van der Waals surface area contributed by atoms with Crippen LogP contribution in [0.4, 0.5) is 0 Å². The summed E-state index contributed by atoms with van der Waals surface area (Å²) in [6, 6.07) is 18.7. The summed E-state index contributed by atoms with van der Waals surface area (Å²) < 4.78 is 5.96. The van der Waals surface area contributed by atoms with Crippen molar-refractivity contribution >= 4 is 10.8 Å². The Labute approximate surface area is 142 Å². The van der Waals surface area contributed by atoms with E-state index in [-0.39, 0.29) is 0 Å². The minimum Gasteiger partial charge on any atom is -0.435 e. The highest BCUT2D eigenvalue weighted by atomic mass is 16.6. The first-order chi connectivity index (χ1) is 11.8. The number of benzene rings is 2. The summed E-state index contributed by atoms with van der Waals surface area (Å²) in [6.45, 7) is 2.23. The molecule has 0 fully saturated rings. The predicted molar refractivity (Wildman–Crippen MR) is 97.5 cm³/mol. The van der Waals surface area contributed by atoms with Gasteiger partial charge in [-0.3, -0.25) is 0 Å². The molecule has 3 aromatic rings. The molecule has 0 saturated heterocycles. The topological polar surface area (TPSA) is 34.7 Å². The maximum atomic E-state index is 5.96. The molecule has 0 saturated carbocycles. The Hall–Kier alpha value is -2.55. The van der Waals surface area contributed by atoms with Crippen LogP contribution in [0.3, 0.4) is 0 Å². The zero-order valence-electron chi connectivity index (χ0n) is 14.3. The van der Waals surface area contributed by atoms with Crippen molar-refractivity contribution in [2.45, 2.75) is 32.6 Å². The molecule has 0 atom stereocenters. The zero-order chi connectivity index (χ0) is 16.8. The fraction of sp³-hybridized carbons (Fsp3) is 0.286. The molecule has 0 unspecified atom stereocenters. The fourth-order valence-corrected chi connectivity index (χ4v) is 2.86. The normalized spacial score (nSPS) is 11.8. The molecule has 3 rings (SSSR count). The quantitative estimate of drug-likeness (QED) is 0.456. The number of rotatable bonds is 6. The van der Waals surface area contributed by atoms with Crippen molar-refractivity contribution in [1.29, 1.82) is 0 Å². The number of fused-ring (bicyclic) bond motifs is 1. The van der Waals surface area contributed by atoms with Crippen molar-refractivity contribution in [2.24, 2.45) is 5.16 Å². The molecule has 1 aromatic heterocycles. The van der Waals surface area contributed by atoms with Gasteiger partial charge in [0, 0.05) is 10.9 Å². The van der Waals surface area contributed by atoms with Crippen LogP contribution in [-0.2, 0) is 11.3 Å². The van der Waals surface area contributed by atoms with Crippen LogP contribution in [0.15, 0.2) is 64.2 Å². The van der Waals surface area contributed by atoms with E-state index in [2.05, 4.69) is 48.5 Å². The molecule has 3 heteroatoms. The van der Waals surface area contributed by atoms with Crippen molar-refractivity contribution in [1.82, 2.24) is 0 Å². The van der Waals surface area contributed by atoms with Gasteiger partial charge in [-0.1, -0.05) is 62.2 Å². The number of hydrogen-bond donors (Lipinski definition) is 0. The van der Waals surface area contributed by atoms with E-state index in [4.69, 9.17) is 9.25 Å². The van der Waals surface area contributed by atoms with Crippen molar-refractivity contribution in [3.8, 4) is 11.3 Å². The van der Waals surface area contributed by atoms with E-state index in [1.807, 2.05) is 18.2 Å². The molecule has 0 bridgehead atoms. The van der Waals surface area contributed by atoms with Gasteiger partial charge in [-0.2, -0.15) is 0 Å². The summed E-state index contributed by atoms with van der Waals surface area (Å²) in [7, 11) is 1.53. The Morgan fingerprint density at radius 1 is 1.00 bits per heavy atom. The van der Waals surface area contributed by atoms with Crippen LogP contribution in [0.25, 0.3) is 22.1 Å². The van der Waals surface area contributed by atoms with Gasteiger partial charge in [0.15, 0.2) is 0 Å². The maximum Gasteiger partial charge on any atom is 0.263 e. The Kier molecular flexibility index (Phi) is 5.32. The minimum absolute atomic E-state index is 0.498. The number of hydrogen-bond acceptors (Lipinski definition) is 3. The van der Waals surface area contributed by atoms with E-state index < -0.39 is 0 Å². The molecule has 0 aliphatic carbocycles. The molecule has 124 valence electrons. The van der Waals surface area contributed by atoms with Gasteiger partial charge in [0.05, 0.1) is 0 Å². The number of aryl methyl sites for hydroxylation is 1. The monoisotopic (exact) mass is 321 g/mol. The van der Waals surface area contributed by atoms with Crippen LogP contribution in [0.1, 0.15) is 31.7 Å². The zero-order valence-corrected chi connectivity index (χ0v) is 14.3. The molecule has 0 N–H and O–H groups in total. The molecule has 0 amide bonds. The average Bonchev–Trinajstić information content (AvgIpc) is 2.63. The van der Waals surface area contributed by atoms with Gasteiger partial charge >= 0.3 is 0 Å². The smallest absolute Gasteiger partial charge is 0.263 e. The Morgan fingerprint density at radius 2 is 1.79 bits per heavy atom. The van der Waals surface area contributed by atoms with Crippen LogP contribution in [0.5, 0.6) is 0 Å². The molecular formula is C21H23NO2. The molecule has 1 heterocycles. The lowest BCUT2D eigenvalue weighted by Crippen LogP contribution is -2.04. The Balaban J connectivity index is 1.96. The molecule has 0 aliphatic rings. The van der Waals surface area contributed by atoms with E-state index >= 15 is 0 Å². The van der Waals surface area contributed by atoms with Gasteiger partial charge in [-0.05, 0) is 41.1 Å². The molecule has 2 aromatic carbocycles. The van der Waals surface area contributed by atoms with Crippen molar-refractivity contribution < 1.29 is 9.25 Å². The summed E-state index contributed by atoms with van der Waals surface area (Å²) in [5.41, 5.74) is 2.92. The van der Waals surface area contributed by atoms with Gasteiger partial charge in [0.25, 0.3) is 5.55 Å². The summed E-state index contributed by atoms with van der Waals surface area (Å²) >= 11 is 0. The van der Waals surface area contributed by atoms with Gasteiger partial charge in [-0.25, -0.2) is 0 Å². The lowest BCUT2D eigenvalue weighted by molar-refractivity contribution is 0.186. The predicted octanol–water partition coefficient (Wildman–Crippen LogP) is 5.29.